The van der Waals surface area contributed by atoms with E-state index in [9.17, 15) is 8.42 Å². The van der Waals surface area contributed by atoms with Crippen molar-refractivity contribution in [3.63, 3.8) is 0 Å². The maximum Gasteiger partial charge on any atom is 0.244 e. The topological polar surface area (TPSA) is 75.6 Å². The van der Waals surface area contributed by atoms with Gasteiger partial charge in [-0.25, -0.2) is 13.1 Å². The Kier molecular flexibility index (Phi) is 5.58. The summed E-state index contributed by atoms with van der Waals surface area (Å²) in [5.41, 5.74) is 0. The standard InChI is InChI=1S/C11H16BrNO4S/c1-3-17-10-5-4-9(12)6-11(10)18(15,16)13-7-8(2)14/h4-6,8,13-14H,3,7H2,1-2H3/t8-/m1/s1. The summed E-state index contributed by atoms with van der Waals surface area (Å²) in [6.07, 6.45) is -0.748. The van der Waals surface area contributed by atoms with E-state index in [1.807, 2.05) is 0 Å². The van der Waals surface area contributed by atoms with Gasteiger partial charge in [0.25, 0.3) is 0 Å². The molecule has 1 atom stereocenters. The van der Waals surface area contributed by atoms with Crippen molar-refractivity contribution in [1.29, 1.82) is 0 Å². The van der Waals surface area contributed by atoms with Gasteiger partial charge in [0.1, 0.15) is 10.6 Å². The number of ether oxygens (including phenoxy) is 1. The number of aliphatic hydroxyl groups excluding tert-OH is 1. The maximum atomic E-state index is 12.1. The molecule has 1 rings (SSSR count). The fourth-order valence-corrected chi connectivity index (χ4v) is 3.08. The van der Waals surface area contributed by atoms with Crippen molar-refractivity contribution in [3.8, 4) is 5.75 Å². The first-order chi connectivity index (χ1) is 8.36. The summed E-state index contributed by atoms with van der Waals surface area (Å²) in [6, 6.07) is 4.76. The van der Waals surface area contributed by atoms with Gasteiger partial charge < -0.3 is 9.84 Å². The zero-order valence-electron chi connectivity index (χ0n) is 10.2. The SMILES string of the molecule is CCOc1ccc(Br)cc1S(=O)(=O)NC[C@@H](C)O. The van der Waals surface area contributed by atoms with E-state index in [0.717, 1.165) is 0 Å². The second kappa shape index (κ2) is 6.51. The first kappa shape index (κ1) is 15.4. The number of rotatable bonds is 6. The van der Waals surface area contributed by atoms with Crippen LogP contribution in [0.15, 0.2) is 27.6 Å². The van der Waals surface area contributed by atoms with Gasteiger partial charge in [-0.05, 0) is 32.0 Å². The Labute approximate surface area is 115 Å². The zero-order chi connectivity index (χ0) is 13.8. The molecule has 0 fully saturated rings. The molecule has 2 N–H and O–H groups in total. The number of hydrogen-bond donors (Lipinski definition) is 2. The van der Waals surface area contributed by atoms with E-state index in [4.69, 9.17) is 9.84 Å². The second-order valence-corrected chi connectivity index (χ2v) is 6.38. The summed E-state index contributed by atoms with van der Waals surface area (Å²) in [7, 11) is -3.70. The van der Waals surface area contributed by atoms with Crippen molar-refractivity contribution in [3.05, 3.63) is 22.7 Å². The van der Waals surface area contributed by atoms with Crippen molar-refractivity contribution in [2.24, 2.45) is 0 Å². The predicted octanol–water partition coefficient (Wildman–Crippen LogP) is 1.51. The number of sulfonamides is 1. The number of aliphatic hydroxyl groups is 1. The van der Waals surface area contributed by atoms with Gasteiger partial charge >= 0.3 is 0 Å². The highest BCUT2D eigenvalue weighted by molar-refractivity contribution is 9.10. The second-order valence-electron chi connectivity index (χ2n) is 3.72. The van der Waals surface area contributed by atoms with Gasteiger partial charge in [-0.3, -0.25) is 0 Å². The molecule has 0 aliphatic rings. The van der Waals surface area contributed by atoms with Crippen molar-refractivity contribution >= 4 is 26.0 Å². The number of hydrogen-bond acceptors (Lipinski definition) is 4. The minimum Gasteiger partial charge on any atom is -0.492 e. The third-order valence-electron chi connectivity index (χ3n) is 2.06. The Hall–Kier alpha value is -0.630. The molecule has 0 amide bonds. The minimum absolute atomic E-state index is 0.0413. The first-order valence-corrected chi connectivity index (χ1v) is 7.74. The van der Waals surface area contributed by atoms with Crippen LogP contribution in [0.4, 0.5) is 0 Å². The molecule has 0 aliphatic heterocycles. The van der Waals surface area contributed by atoms with Gasteiger partial charge in [0, 0.05) is 11.0 Å². The fraction of sp³-hybridized carbons (Fsp3) is 0.455. The van der Waals surface area contributed by atoms with E-state index >= 15 is 0 Å². The summed E-state index contributed by atoms with van der Waals surface area (Å²) in [4.78, 5) is 0.0550. The molecule has 102 valence electrons. The Balaban J connectivity index is 3.09. The smallest absolute Gasteiger partial charge is 0.244 e. The van der Waals surface area contributed by atoms with Gasteiger partial charge in [-0.1, -0.05) is 15.9 Å². The summed E-state index contributed by atoms with van der Waals surface area (Å²) in [5.74, 6) is 0.291. The van der Waals surface area contributed by atoms with Gasteiger partial charge in [-0.2, -0.15) is 0 Å². The highest BCUT2D eigenvalue weighted by Gasteiger charge is 2.20. The first-order valence-electron chi connectivity index (χ1n) is 5.47. The summed E-state index contributed by atoms with van der Waals surface area (Å²) in [5, 5.41) is 9.12. The average Bonchev–Trinajstić information content (AvgIpc) is 2.29. The van der Waals surface area contributed by atoms with Crippen LogP contribution in [-0.2, 0) is 10.0 Å². The van der Waals surface area contributed by atoms with Crippen molar-refractivity contribution in [2.75, 3.05) is 13.2 Å². The van der Waals surface area contributed by atoms with Crippen LogP contribution in [0.3, 0.4) is 0 Å². The molecule has 0 saturated heterocycles. The molecule has 0 heterocycles. The van der Waals surface area contributed by atoms with Crippen molar-refractivity contribution in [2.45, 2.75) is 24.8 Å². The van der Waals surface area contributed by atoms with Gasteiger partial charge in [-0.15, -0.1) is 0 Å². The third kappa shape index (κ3) is 4.24. The Morgan fingerprint density at radius 3 is 2.72 bits per heavy atom. The van der Waals surface area contributed by atoms with Gasteiger partial charge in [0.2, 0.25) is 10.0 Å². The van der Waals surface area contributed by atoms with Crippen molar-refractivity contribution < 1.29 is 18.3 Å². The van der Waals surface area contributed by atoms with E-state index < -0.39 is 16.1 Å². The maximum absolute atomic E-state index is 12.1. The number of benzene rings is 1. The van der Waals surface area contributed by atoms with Crippen LogP contribution in [0.2, 0.25) is 0 Å². The molecule has 0 radical (unpaired) electrons. The summed E-state index contributed by atoms with van der Waals surface area (Å²) in [6.45, 7) is 3.62. The number of nitrogens with one attached hydrogen (secondary N) is 1. The molecule has 0 bridgehead atoms. The number of halogens is 1. The zero-order valence-corrected chi connectivity index (χ0v) is 12.6. The monoisotopic (exact) mass is 337 g/mol. The molecule has 1 aromatic rings. The van der Waals surface area contributed by atoms with Crippen molar-refractivity contribution in [1.82, 2.24) is 4.72 Å². The molecule has 5 nitrogen and oxygen atoms in total. The van der Waals surface area contributed by atoms with Crippen LogP contribution < -0.4 is 9.46 Å². The Bertz CT molecular complexity index is 502. The molecular weight excluding hydrogens is 322 g/mol. The largest absolute Gasteiger partial charge is 0.492 e. The van der Waals surface area contributed by atoms with Crippen LogP contribution in [0.5, 0.6) is 5.75 Å². The van der Waals surface area contributed by atoms with E-state index in [2.05, 4.69) is 20.7 Å². The molecule has 0 spiro atoms. The van der Waals surface area contributed by atoms with E-state index in [-0.39, 0.29) is 11.4 Å². The molecule has 18 heavy (non-hydrogen) atoms. The third-order valence-corrected chi connectivity index (χ3v) is 4.00. The normalized spacial score (nSPS) is 13.3. The lowest BCUT2D eigenvalue weighted by molar-refractivity contribution is 0.198. The minimum atomic E-state index is -3.70. The quantitative estimate of drug-likeness (QED) is 0.824. The van der Waals surface area contributed by atoms with E-state index in [0.29, 0.717) is 16.8 Å². The van der Waals surface area contributed by atoms with E-state index in [1.165, 1.54) is 13.0 Å². The molecule has 0 aromatic heterocycles. The van der Waals surface area contributed by atoms with Crippen LogP contribution in [0.1, 0.15) is 13.8 Å². The lowest BCUT2D eigenvalue weighted by atomic mass is 10.3. The lowest BCUT2D eigenvalue weighted by Crippen LogP contribution is -2.31. The molecule has 1 aromatic carbocycles. The predicted molar refractivity (Wildman–Crippen MR) is 72.2 cm³/mol. The van der Waals surface area contributed by atoms with Crippen LogP contribution in [-0.4, -0.2) is 32.8 Å². The molecule has 0 aliphatic carbocycles. The summed E-state index contributed by atoms with van der Waals surface area (Å²) < 4.78 is 32.4. The summed E-state index contributed by atoms with van der Waals surface area (Å²) >= 11 is 3.22. The molecule has 0 unspecified atom stereocenters. The molecular formula is C11H16BrNO4S. The van der Waals surface area contributed by atoms with Gasteiger partial charge in [0.05, 0.1) is 12.7 Å². The van der Waals surface area contributed by atoms with Crippen LogP contribution in [0, 0.1) is 0 Å². The van der Waals surface area contributed by atoms with Gasteiger partial charge in [0.15, 0.2) is 0 Å². The highest BCUT2D eigenvalue weighted by atomic mass is 79.9. The average molecular weight is 338 g/mol. The highest BCUT2D eigenvalue weighted by Crippen LogP contribution is 2.27. The Morgan fingerprint density at radius 2 is 2.17 bits per heavy atom. The lowest BCUT2D eigenvalue weighted by Gasteiger charge is -2.13. The Morgan fingerprint density at radius 1 is 1.50 bits per heavy atom. The van der Waals surface area contributed by atoms with Crippen LogP contribution in [0.25, 0.3) is 0 Å². The molecule has 7 heteroatoms. The van der Waals surface area contributed by atoms with Crippen LogP contribution >= 0.6 is 15.9 Å². The molecule has 0 saturated carbocycles. The van der Waals surface area contributed by atoms with E-state index in [1.54, 1.807) is 19.1 Å². The fourth-order valence-electron chi connectivity index (χ4n) is 1.27.